The van der Waals surface area contributed by atoms with Crippen LogP contribution in [-0.2, 0) is 4.79 Å². The van der Waals surface area contributed by atoms with Crippen LogP contribution in [0.15, 0.2) is 0 Å². The molecule has 1 aromatic carbocycles. The summed E-state index contributed by atoms with van der Waals surface area (Å²) in [5.41, 5.74) is 0.597. The number of carbonyl (C=O) groups excluding carboxylic acids is 2. The second kappa shape index (κ2) is 15.5. The summed E-state index contributed by atoms with van der Waals surface area (Å²) < 4.78 is 1.25. The molecule has 0 saturated carbocycles. The van der Waals surface area contributed by atoms with E-state index in [9.17, 15) is 24.6 Å². The highest BCUT2D eigenvalue weighted by Gasteiger charge is 2.29. The zero-order valence-corrected chi connectivity index (χ0v) is 24.2. The normalized spacial score (nSPS) is 14.3. The molecule has 12 nitrogen and oxygen atoms in total. The van der Waals surface area contributed by atoms with Gasteiger partial charge in [-0.3, -0.25) is 9.59 Å². The summed E-state index contributed by atoms with van der Waals surface area (Å²) in [6, 6.07) is 0. The average molecular weight is 809 g/mol. The lowest BCUT2D eigenvalue weighted by atomic mass is 10.0. The van der Waals surface area contributed by atoms with Crippen LogP contribution in [0.4, 0.5) is 5.69 Å². The van der Waals surface area contributed by atoms with Crippen LogP contribution in [0.1, 0.15) is 27.6 Å². The smallest absolute Gasteiger partial charge is 0.337 e. The molecule has 1 aromatic rings. The van der Waals surface area contributed by atoms with Crippen molar-refractivity contribution in [3.05, 3.63) is 21.8 Å². The fourth-order valence-electron chi connectivity index (χ4n) is 2.36. The van der Waals surface area contributed by atoms with Crippen molar-refractivity contribution < 1.29 is 45.0 Å². The van der Waals surface area contributed by atoms with Crippen LogP contribution in [0, 0.1) is 10.7 Å². The van der Waals surface area contributed by atoms with Gasteiger partial charge < -0.3 is 46.6 Å². The molecule has 2 amide bonds. The van der Waals surface area contributed by atoms with Gasteiger partial charge in [-0.15, -0.1) is 0 Å². The maximum absolute atomic E-state index is 12.0. The SMILES string of the molecule is CNC(=O)c1c(I)c(NC(C)=O)c(I)c(C(=O)O)c1I.CNC[C@H](O)[C@H](O)[C@H](O)[C@H](O)CO. The van der Waals surface area contributed by atoms with Crippen LogP contribution in [-0.4, -0.2) is 100 Å². The Bertz CT molecular complexity index is 857. The lowest BCUT2D eigenvalue weighted by molar-refractivity contribution is -0.114. The van der Waals surface area contributed by atoms with Crippen LogP contribution >= 0.6 is 67.8 Å². The van der Waals surface area contributed by atoms with Crippen molar-refractivity contribution >= 4 is 91.2 Å². The summed E-state index contributed by atoms with van der Waals surface area (Å²) in [5.74, 6) is -1.88. The van der Waals surface area contributed by atoms with E-state index in [-0.39, 0.29) is 23.6 Å². The van der Waals surface area contributed by atoms with Crippen LogP contribution in [0.5, 0.6) is 0 Å². The van der Waals surface area contributed by atoms with Gasteiger partial charge in [-0.1, -0.05) is 0 Å². The molecule has 0 aromatic heterocycles. The number of hydrogen-bond acceptors (Lipinski definition) is 9. The topological polar surface area (TPSA) is 209 Å². The maximum atomic E-state index is 12.0. The number of aromatic carboxylic acids is 1. The first-order valence-electron chi connectivity index (χ1n) is 9.17. The van der Waals surface area contributed by atoms with Crippen molar-refractivity contribution in [1.82, 2.24) is 10.6 Å². The number of hydrogen-bond donors (Lipinski definition) is 9. The molecule has 0 heterocycles. The Morgan fingerprint density at radius 1 is 0.879 bits per heavy atom. The van der Waals surface area contributed by atoms with Crippen molar-refractivity contribution in [2.75, 3.05) is 32.6 Å². The average Bonchev–Trinajstić information content (AvgIpc) is 2.75. The largest absolute Gasteiger partial charge is 0.478 e. The van der Waals surface area contributed by atoms with Gasteiger partial charge in [-0.2, -0.15) is 0 Å². The summed E-state index contributed by atoms with van der Waals surface area (Å²) in [6.45, 7) is 0.755. The van der Waals surface area contributed by atoms with Gasteiger partial charge in [0.25, 0.3) is 5.91 Å². The molecule has 0 radical (unpaired) electrons. The number of aliphatic hydroxyl groups is 5. The summed E-state index contributed by atoms with van der Waals surface area (Å²) in [6.07, 6.45) is -5.65. The third-order valence-corrected chi connectivity index (χ3v) is 7.26. The van der Waals surface area contributed by atoms with Gasteiger partial charge in [0.2, 0.25) is 5.91 Å². The molecule has 0 aliphatic carbocycles. The fourth-order valence-corrected chi connectivity index (χ4v) is 6.74. The highest BCUT2D eigenvalue weighted by atomic mass is 127. The molecule has 0 saturated heterocycles. The van der Waals surface area contributed by atoms with E-state index < -0.39 is 42.9 Å². The third-order valence-electron chi connectivity index (χ3n) is 4.02. The second-order valence-corrected chi connectivity index (χ2v) is 9.72. The van der Waals surface area contributed by atoms with E-state index in [1.54, 1.807) is 7.05 Å². The van der Waals surface area contributed by atoms with E-state index in [1.807, 2.05) is 67.8 Å². The van der Waals surface area contributed by atoms with E-state index in [0.29, 0.717) is 16.4 Å². The summed E-state index contributed by atoms with van der Waals surface area (Å²) >= 11 is 5.61. The standard InChI is InChI=1S/C11H9I3N2O4.C7H17NO5/c1-3(17)16-9-7(13)4(10(18)15-2)6(12)5(8(9)14)11(19)20;1-8-2-4(10)6(12)7(13)5(11)3-9/h1-2H3,(H,15,18)(H,16,17)(H,19,20);4-13H,2-3H2,1H3/t;4-,5+,6-,7+/m.0/s1. The van der Waals surface area contributed by atoms with E-state index >= 15 is 0 Å². The number of rotatable bonds is 9. The predicted octanol–water partition coefficient (Wildman–Crippen LogP) is -0.842. The highest BCUT2D eigenvalue weighted by molar-refractivity contribution is 14.1. The molecule has 0 spiro atoms. The molecule has 188 valence electrons. The van der Waals surface area contributed by atoms with Crippen molar-refractivity contribution in [1.29, 1.82) is 0 Å². The molecule has 9 N–H and O–H groups in total. The molecule has 15 heteroatoms. The Morgan fingerprint density at radius 2 is 1.36 bits per heavy atom. The molecule has 0 bridgehead atoms. The molecule has 0 unspecified atom stereocenters. The first kappa shape index (κ1) is 32.6. The number of carboxylic acid groups (broad SMARTS) is 1. The summed E-state index contributed by atoms with van der Waals surface area (Å²) in [7, 11) is 3.04. The molecule has 0 fully saturated rings. The molecular formula is C18H26I3N3O9. The summed E-state index contributed by atoms with van der Waals surface area (Å²) in [5, 5.41) is 61.8. The van der Waals surface area contributed by atoms with Gasteiger partial charge in [0.15, 0.2) is 0 Å². The lowest BCUT2D eigenvalue weighted by Gasteiger charge is -2.25. The van der Waals surface area contributed by atoms with E-state index in [4.69, 9.17) is 20.4 Å². The number of anilines is 1. The van der Waals surface area contributed by atoms with Gasteiger partial charge >= 0.3 is 5.97 Å². The molecule has 1 rings (SSSR count). The van der Waals surface area contributed by atoms with Crippen LogP contribution in [0.3, 0.4) is 0 Å². The number of benzene rings is 1. The van der Waals surface area contributed by atoms with Crippen molar-refractivity contribution in [3.8, 4) is 0 Å². The molecule has 0 aliphatic rings. The number of aliphatic hydroxyl groups excluding tert-OH is 5. The molecule has 4 atom stereocenters. The Kier molecular flexibility index (Phi) is 15.4. The Morgan fingerprint density at radius 3 is 1.76 bits per heavy atom. The third kappa shape index (κ3) is 9.28. The number of amides is 2. The van der Waals surface area contributed by atoms with Gasteiger partial charge in [0.05, 0.1) is 36.7 Å². The molecule has 0 aliphatic heterocycles. The van der Waals surface area contributed by atoms with Gasteiger partial charge in [-0.05, 0) is 74.8 Å². The Balaban J connectivity index is 0.000000684. The first-order chi connectivity index (χ1) is 15.3. The zero-order valence-electron chi connectivity index (χ0n) is 17.8. The van der Waals surface area contributed by atoms with Gasteiger partial charge in [-0.25, -0.2) is 4.79 Å². The minimum Gasteiger partial charge on any atom is -0.478 e. The van der Waals surface area contributed by atoms with E-state index in [0.717, 1.165) is 0 Å². The minimum atomic E-state index is -1.55. The quantitative estimate of drug-likeness (QED) is 0.141. The Hall–Kier alpha value is -0.420. The van der Waals surface area contributed by atoms with Crippen molar-refractivity contribution in [2.45, 2.75) is 31.3 Å². The molecular weight excluding hydrogens is 783 g/mol. The van der Waals surface area contributed by atoms with Gasteiger partial charge in [0.1, 0.15) is 18.3 Å². The zero-order chi connectivity index (χ0) is 26.0. The predicted molar refractivity (Wildman–Crippen MR) is 144 cm³/mol. The minimum absolute atomic E-state index is 0.00830. The number of carboxylic acids is 1. The van der Waals surface area contributed by atoms with Crippen LogP contribution in [0.25, 0.3) is 0 Å². The van der Waals surface area contributed by atoms with Crippen LogP contribution in [0.2, 0.25) is 0 Å². The Labute approximate surface area is 231 Å². The van der Waals surface area contributed by atoms with E-state index in [2.05, 4.69) is 16.0 Å². The monoisotopic (exact) mass is 809 g/mol. The second-order valence-electron chi connectivity index (χ2n) is 6.49. The maximum Gasteiger partial charge on any atom is 0.337 e. The fraction of sp³-hybridized carbons (Fsp3) is 0.500. The van der Waals surface area contributed by atoms with E-state index in [1.165, 1.54) is 14.0 Å². The number of nitrogens with one attached hydrogen (secondary N) is 3. The van der Waals surface area contributed by atoms with Crippen molar-refractivity contribution in [2.24, 2.45) is 0 Å². The number of likely N-dealkylation sites (N-methyl/N-ethyl adjacent to an activating group) is 1. The van der Waals surface area contributed by atoms with Gasteiger partial charge in [0, 0.05) is 24.1 Å². The summed E-state index contributed by atoms with van der Waals surface area (Å²) in [4.78, 5) is 34.6. The van der Waals surface area contributed by atoms with Crippen molar-refractivity contribution in [3.63, 3.8) is 0 Å². The highest BCUT2D eigenvalue weighted by Crippen LogP contribution is 2.35. The lowest BCUT2D eigenvalue weighted by Crippen LogP contribution is -2.48. The first-order valence-corrected chi connectivity index (χ1v) is 12.4. The number of carbonyl (C=O) groups is 3. The molecule has 33 heavy (non-hydrogen) atoms. The van der Waals surface area contributed by atoms with Crippen LogP contribution < -0.4 is 16.0 Å². The number of halogens is 3.